The number of rotatable bonds is 3. The highest BCUT2D eigenvalue weighted by Gasteiger charge is 2.07. The molecular weight excluding hydrogens is 250 g/mol. The Morgan fingerprint density at radius 2 is 2.20 bits per heavy atom. The zero-order valence-electron chi connectivity index (χ0n) is 11.2. The van der Waals surface area contributed by atoms with Crippen molar-refractivity contribution in [3.8, 4) is 11.1 Å². The van der Waals surface area contributed by atoms with E-state index >= 15 is 0 Å². The third kappa shape index (κ3) is 2.28. The molecule has 2 aromatic heterocycles. The summed E-state index contributed by atoms with van der Waals surface area (Å²) in [6.07, 6.45) is 4.18. The Morgan fingerprint density at radius 1 is 1.30 bits per heavy atom. The Morgan fingerprint density at radius 3 is 3.05 bits per heavy atom. The molecule has 1 amide bonds. The van der Waals surface area contributed by atoms with E-state index in [2.05, 4.69) is 15.3 Å². The minimum atomic E-state index is 0.0164. The monoisotopic (exact) mass is 265 g/mol. The maximum atomic E-state index is 11.5. The lowest BCUT2D eigenvalue weighted by Crippen LogP contribution is -2.09. The molecule has 0 bridgehead atoms. The average molecular weight is 265 g/mol. The highest BCUT2D eigenvalue weighted by atomic mass is 16.1. The SMILES string of the molecule is CCC(=O)Nc1cccc(-c2c[nH]c3ncccc23)c1. The zero-order chi connectivity index (χ0) is 13.9. The number of carbonyl (C=O) groups is 1. The first-order valence-corrected chi connectivity index (χ1v) is 6.60. The van der Waals surface area contributed by atoms with Crippen molar-refractivity contribution < 1.29 is 4.79 Å². The lowest BCUT2D eigenvalue weighted by atomic mass is 10.1. The van der Waals surface area contributed by atoms with E-state index in [1.165, 1.54) is 0 Å². The highest BCUT2D eigenvalue weighted by molar-refractivity contribution is 5.95. The number of hydrogen-bond acceptors (Lipinski definition) is 2. The van der Waals surface area contributed by atoms with Crippen molar-refractivity contribution in [2.45, 2.75) is 13.3 Å². The second-order valence-electron chi connectivity index (χ2n) is 4.58. The summed E-state index contributed by atoms with van der Waals surface area (Å²) >= 11 is 0. The Bertz CT molecular complexity index is 761. The van der Waals surface area contributed by atoms with Gasteiger partial charge in [0.15, 0.2) is 0 Å². The first-order valence-electron chi connectivity index (χ1n) is 6.60. The van der Waals surface area contributed by atoms with Gasteiger partial charge in [-0.3, -0.25) is 4.79 Å². The summed E-state index contributed by atoms with van der Waals surface area (Å²) in [4.78, 5) is 18.9. The summed E-state index contributed by atoms with van der Waals surface area (Å²) in [5.41, 5.74) is 3.82. The predicted octanol–water partition coefficient (Wildman–Crippen LogP) is 3.58. The first-order chi connectivity index (χ1) is 9.78. The number of benzene rings is 1. The second kappa shape index (κ2) is 5.17. The number of nitrogens with zero attached hydrogens (tertiary/aromatic N) is 1. The number of carbonyl (C=O) groups excluding carboxylic acids is 1. The summed E-state index contributed by atoms with van der Waals surface area (Å²) < 4.78 is 0. The summed E-state index contributed by atoms with van der Waals surface area (Å²) in [7, 11) is 0. The van der Waals surface area contributed by atoms with Crippen LogP contribution in [0.3, 0.4) is 0 Å². The molecule has 20 heavy (non-hydrogen) atoms. The minimum Gasteiger partial charge on any atom is -0.346 e. The van der Waals surface area contributed by atoms with E-state index in [1.807, 2.05) is 49.5 Å². The standard InChI is InChI=1S/C16H15N3O/c1-2-15(20)19-12-6-3-5-11(9-12)14-10-18-16-13(14)7-4-8-17-16/h3-10H,2H2,1H3,(H,17,18)(H,19,20). The molecule has 0 aliphatic carbocycles. The first kappa shape index (κ1) is 12.4. The lowest BCUT2D eigenvalue weighted by Gasteiger charge is -2.06. The fourth-order valence-electron chi connectivity index (χ4n) is 2.21. The van der Waals surface area contributed by atoms with Gasteiger partial charge < -0.3 is 10.3 Å². The maximum Gasteiger partial charge on any atom is 0.224 e. The van der Waals surface area contributed by atoms with Crippen molar-refractivity contribution in [2.24, 2.45) is 0 Å². The van der Waals surface area contributed by atoms with Crippen LogP contribution in [0.4, 0.5) is 5.69 Å². The molecule has 1 aromatic carbocycles. The molecule has 0 radical (unpaired) electrons. The molecule has 0 saturated carbocycles. The number of nitrogens with one attached hydrogen (secondary N) is 2. The third-order valence-corrected chi connectivity index (χ3v) is 3.23. The number of hydrogen-bond donors (Lipinski definition) is 2. The number of fused-ring (bicyclic) bond motifs is 1. The number of anilines is 1. The van der Waals surface area contributed by atoms with Gasteiger partial charge in [-0.15, -0.1) is 0 Å². The lowest BCUT2D eigenvalue weighted by molar-refractivity contribution is -0.115. The topological polar surface area (TPSA) is 57.8 Å². The molecular formula is C16H15N3O. The smallest absolute Gasteiger partial charge is 0.224 e. The van der Waals surface area contributed by atoms with Gasteiger partial charge in [-0.05, 0) is 29.8 Å². The summed E-state index contributed by atoms with van der Waals surface area (Å²) in [5.74, 6) is 0.0164. The summed E-state index contributed by atoms with van der Waals surface area (Å²) in [5, 5.41) is 3.95. The van der Waals surface area contributed by atoms with E-state index < -0.39 is 0 Å². The molecule has 0 aliphatic rings. The zero-order valence-corrected chi connectivity index (χ0v) is 11.2. The second-order valence-corrected chi connectivity index (χ2v) is 4.58. The van der Waals surface area contributed by atoms with Gasteiger partial charge in [0.1, 0.15) is 5.65 Å². The average Bonchev–Trinajstić information content (AvgIpc) is 2.91. The van der Waals surface area contributed by atoms with Crippen molar-refractivity contribution in [1.29, 1.82) is 0 Å². The highest BCUT2D eigenvalue weighted by Crippen LogP contribution is 2.29. The van der Waals surface area contributed by atoms with Gasteiger partial charge in [0.05, 0.1) is 0 Å². The van der Waals surface area contributed by atoms with Crippen LogP contribution < -0.4 is 5.32 Å². The van der Waals surface area contributed by atoms with Crippen LogP contribution in [0.2, 0.25) is 0 Å². The van der Waals surface area contributed by atoms with Gasteiger partial charge in [0, 0.05) is 35.5 Å². The molecule has 3 rings (SSSR count). The van der Waals surface area contributed by atoms with Crippen molar-refractivity contribution in [2.75, 3.05) is 5.32 Å². The van der Waals surface area contributed by atoms with E-state index in [9.17, 15) is 4.79 Å². The van der Waals surface area contributed by atoms with Gasteiger partial charge in [-0.1, -0.05) is 19.1 Å². The van der Waals surface area contributed by atoms with Gasteiger partial charge in [-0.2, -0.15) is 0 Å². The maximum absolute atomic E-state index is 11.5. The van der Waals surface area contributed by atoms with Gasteiger partial charge in [-0.25, -0.2) is 4.98 Å². The van der Waals surface area contributed by atoms with Crippen molar-refractivity contribution in [3.05, 3.63) is 48.8 Å². The van der Waals surface area contributed by atoms with E-state index in [0.29, 0.717) is 6.42 Å². The fraction of sp³-hybridized carbons (Fsp3) is 0.125. The molecule has 2 N–H and O–H groups in total. The van der Waals surface area contributed by atoms with Crippen LogP contribution in [-0.2, 0) is 4.79 Å². The van der Waals surface area contributed by atoms with E-state index in [4.69, 9.17) is 0 Å². The molecule has 2 heterocycles. The van der Waals surface area contributed by atoms with Crippen molar-refractivity contribution in [1.82, 2.24) is 9.97 Å². The van der Waals surface area contributed by atoms with Crippen LogP contribution >= 0.6 is 0 Å². The number of amides is 1. The fourth-order valence-corrected chi connectivity index (χ4v) is 2.21. The number of aromatic nitrogens is 2. The Hall–Kier alpha value is -2.62. The quantitative estimate of drug-likeness (QED) is 0.760. The Kier molecular flexibility index (Phi) is 3.21. The third-order valence-electron chi connectivity index (χ3n) is 3.23. The molecule has 100 valence electrons. The molecule has 3 aromatic rings. The van der Waals surface area contributed by atoms with Crippen LogP contribution in [0, 0.1) is 0 Å². The molecule has 0 saturated heterocycles. The molecule has 4 nitrogen and oxygen atoms in total. The number of aromatic amines is 1. The van der Waals surface area contributed by atoms with Crippen LogP contribution in [0.25, 0.3) is 22.2 Å². The normalized spacial score (nSPS) is 10.7. The molecule has 0 unspecified atom stereocenters. The summed E-state index contributed by atoms with van der Waals surface area (Å²) in [6.45, 7) is 1.84. The van der Waals surface area contributed by atoms with Crippen LogP contribution in [0.1, 0.15) is 13.3 Å². The van der Waals surface area contributed by atoms with E-state index in [0.717, 1.165) is 27.8 Å². The van der Waals surface area contributed by atoms with Gasteiger partial charge in [0.25, 0.3) is 0 Å². The van der Waals surface area contributed by atoms with Crippen molar-refractivity contribution in [3.63, 3.8) is 0 Å². The largest absolute Gasteiger partial charge is 0.346 e. The van der Waals surface area contributed by atoms with Crippen molar-refractivity contribution >= 4 is 22.6 Å². The van der Waals surface area contributed by atoms with Gasteiger partial charge in [0.2, 0.25) is 5.91 Å². The van der Waals surface area contributed by atoms with Gasteiger partial charge >= 0.3 is 0 Å². The van der Waals surface area contributed by atoms with Crippen LogP contribution in [0.15, 0.2) is 48.8 Å². The molecule has 0 spiro atoms. The number of pyridine rings is 1. The summed E-state index contributed by atoms with van der Waals surface area (Å²) in [6, 6.07) is 11.8. The molecule has 4 heteroatoms. The van der Waals surface area contributed by atoms with E-state index in [-0.39, 0.29) is 5.91 Å². The molecule has 0 aliphatic heterocycles. The molecule has 0 fully saturated rings. The Labute approximate surface area is 116 Å². The van der Waals surface area contributed by atoms with Crippen LogP contribution in [0.5, 0.6) is 0 Å². The predicted molar refractivity (Wildman–Crippen MR) is 80.5 cm³/mol. The number of H-pyrrole nitrogens is 1. The Balaban J connectivity index is 2.02. The van der Waals surface area contributed by atoms with Crippen LogP contribution in [-0.4, -0.2) is 15.9 Å². The van der Waals surface area contributed by atoms with E-state index in [1.54, 1.807) is 6.20 Å². The minimum absolute atomic E-state index is 0.0164. The molecule has 0 atom stereocenters.